The molecule has 0 radical (unpaired) electrons. The minimum Gasteiger partial charge on any atom is -0.489 e. The highest BCUT2D eigenvalue weighted by Gasteiger charge is 2.14. The van der Waals surface area contributed by atoms with Gasteiger partial charge < -0.3 is 9.47 Å². The molecule has 150 valence electrons. The number of para-hydroxylation sites is 1. The zero-order chi connectivity index (χ0) is 21.2. The molecular formula is C20H19N3O5S. The van der Waals surface area contributed by atoms with Crippen LogP contribution in [0.2, 0.25) is 0 Å². The van der Waals surface area contributed by atoms with Crippen molar-refractivity contribution in [3.8, 4) is 5.75 Å². The van der Waals surface area contributed by atoms with Crippen LogP contribution in [0.15, 0.2) is 61.2 Å². The first-order chi connectivity index (χ1) is 14.0. The second-order valence-electron chi connectivity index (χ2n) is 5.53. The van der Waals surface area contributed by atoms with Crippen LogP contribution in [0.5, 0.6) is 5.75 Å². The predicted octanol–water partition coefficient (Wildman–Crippen LogP) is 1.99. The van der Waals surface area contributed by atoms with Gasteiger partial charge in [-0.2, -0.15) is 0 Å². The van der Waals surface area contributed by atoms with Gasteiger partial charge in [0, 0.05) is 5.56 Å². The molecule has 0 aliphatic carbocycles. The summed E-state index contributed by atoms with van der Waals surface area (Å²) in [4.78, 5) is 36.2. The second-order valence-corrected chi connectivity index (χ2v) is 5.94. The quantitative estimate of drug-likeness (QED) is 0.288. The summed E-state index contributed by atoms with van der Waals surface area (Å²) in [6.45, 7) is 3.81. The van der Waals surface area contributed by atoms with E-state index >= 15 is 0 Å². The van der Waals surface area contributed by atoms with Crippen LogP contribution in [0.1, 0.15) is 31.1 Å². The molecule has 3 N–H and O–H groups in total. The molecule has 0 atom stereocenters. The Hall–Kier alpha value is -3.72. The first kappa shape index (κ1) is 21.6. The lowest BCUT2D eigenvalue weighted by atomic mass is 10.1. The summed E-state index contributed by atoms with van der Waals surface area (Å²) in [5.74, 6) is -1.25. The molecule has 29 heavy (non-hydrogen) atoms. The van der Waals surface area contributed by atoms with Crippen molar-refractivity contribution in [2.45, 2.75) is 0 Å². The first-order valence-electron chi connectivity index (χ1n) is 8.39. The van der Waals surface area contributed by atoms with Gasteiger partial charge in [0.1, 0.15) is 12.4 Å². The van der Waals surface area contributed by atoms with E-state index in [1.165, 1.54) is 25.3 Å². The summed E-state index contributed by atoms with van der Waals surface area (Å²) in [5, 5.41) is 2.28. The van der Waals surface area contributed by atoms with Gasteiger partial charge >= 0.3 is 5.97 Å². The number of rotatable bonds is 6. The van der Waals surface area contributed by atoms with Crippen LogP contribution in [-0.2, 0) is 4.74 Å². The molecule has 2 aromatic rings. The van der Waals surface area contributed by atoms with Gasteiger partial charge in [-0.25, -0.2) is 4.79 Å². The van der Waals surface area contributed by atoms with Crippen LogP contribution >= 0.6 is 12.2 Å². The fraction of sp³-hybridized carbons (Fsp3) is 0.100. The van der Waals surface area contributed by atoms with Crippen molar-refractivity contribution in [1.82, 2.24) is 16.2 Å². The molecule has 0 aliphatic rings. The fourth-order valence-corrected chi connectivity index (χ4v) is 2.37. The number of nitrogens with one attached hydrogen (secondary N) is 3. The van der Waals surface area contributed by atoms with Crippen LogP contribution in [0.25, 0.3) is 0 Å². The predicted molar refractivity (Wildman–Crippen MR) is 111 cm³/mol. The summed E-state index contributed by atoms with van der Waals surface area (Å²) >= 11 is 5.01. The highest BCUT2D eigenvalue weighted by molar-refractivity contribution is 7.80. The molecule has 0 heterocycles. The van der Waals surface area contributed by atoms with Crippen molar-refractivity contribution < 1.29 is 23.9 Å². The van der Waals surface area contributed by atoms with Crippen LogP contribution < -0.4 is 20.9 Å². The maximum absolute atomic E-state index is 12.3. The Morgan fingerprint density at radius 3 is 2.48 bits per heavy atom. The monoisotopic (exact) mass is 413 g/mol. The molecule has 2 aromatic carbocycles. The molecular weight excluding hydrogens is 394 g/mol. The molecule has 0 unspecified atom stereocenters. The Morgan fingerprint density at radius 1 is 1.03 bits per heavy atom. The number of methoxy groups -OCH3 is 1. The second kappa shape index (κ2) is 10.6. The highest BCUT2D eigenvalue weighted by atomic mass is 32.1. The Morgan fingerprint density at radius 2 is 1.76 bits per heavy atom. The van der Waals surface area contributed by atoms with E-state index in [0.29, 0.717) is 5.75 Å². The fourth-order valence-electron chi connectivity index (χ4n) is 2.22. The van der Waals surface area contributed by atoms with Crippen LogP contribution in [0, 0.1) is 0 Å². The summed E-state index contributed by atoms with van der Waals surface area (Å²) in [6, 6.07) is 12.6. The van der Waals surface area contributed by atoms with Crippen molar-refractivity contribution in [3.63, 3.8) is 0 Å². The van der Waals surface area contributed by atoms with Gasteiger partial charge in [0.15, 0.2) is 5.11 Å². The van der Waals surface area contributed by atoms with Crippen molar-refractivity contribution in [2.75, 3.05) is 13.7 Å². The Balaban J connectivity index is 1.95. The third-order valence-corrected chi connectivity index (χ3v) is 3.75. The van der Waals surface area contributed by atoms with Gasteiger partial charge in [-0.05, 0) is 42.5 Å². The number of thiocarbonyl (C=S) groups is 1. The molecule has 2 amide bonds. The van der Waals surface area contributed by atoms with Crippen molar-refractivity contribution in [3.05, 3.63) is 77.9 Å². The molecule has 0 saturated heterocycles. The Labute approximate surface area is 172 Å². The first-order valence-corrected chi connectivity index (χ1v) is 8.80. The van der Waals surface area contributed by atoms with Gasteiger partial charge in [0.25, 0.3) is 11.8 Å². The molecule has 0 bridgehead atoms. The highest BCUT2D eigenvalue weighted by Crippen LogP contribution is 2.17. The summed E-state index contributed by atoms with van der Waals surface area (Å²) in [5.41, 5.74) is 5.54. The number of carbonyl (C=O) groups excluding carboxylic acids is 3. The number of ether oxygens (including phenoxy) is 2. The molecule has 2 rings (SSSR count). The molecule has 0 fully saturated rings. The third-order valence-electron chi connectivity index (χ3n) is 3.55. The van der Waals surface area contributed by atoms with Gasteiger partial charge in [0.05, 0.1) is 18.2 Å². The number of hydrogen-bond acceptors (Lipinski definition) is 6. The average Bonchev–Trinajstić information content (AvgIpc) is 2.75. The van der Waals surface area contributed by atoms with E-state index in [4.69, 9.17) is 17.0 Å². The standard InChI is InChI=1S/C20H19N3O5S/c1-3-11-28-16-10-5-4-9-15(16)18(25)22-23-20(29)21-17(24)13-7-6-8-14(12-13)19(26)27-2/h3-10,12H,1,11H2,2H3,(H,22,25)(H2,21,23,24,29). The van der Waals surface area contributed by atoms with Crippen molar-refractivity contribution in [1.29, 1.82) is 0 Å². The maximum atomic E-state index is 12.3. The van der Waals surface area contributed by atoms with E-state index in [0.717, 1.165) is 0 Å². The smallest absolute Gasteiger partial charge is 0.337 e. The average molecular weight is 413 g/mol. The molecule has 0 saturated carbocycles. The van der Waals surface area contributed by atoms with Gasteiger partial charge in [-0.3, -0.25) is 25.8 Å². The van der Waals surface area contributed by atoms with Gasteiger partial charge in [-0.1, -0.05) is 30.9 Å². The van der Waals surface area contributed by atoms with Crippen LogP contribution in [-0.4, -0.2) is 36.6 Å². The molecule has 9 heteroatoms. The zero-order valence-corrected chi connectivity index (χ0v) is 16.4. The third kappa shape index (κ3) is 6.15. The lowest BCUT2D eigenvalue weighted by Gasteiger charge is -2.13. The molecule has 0 aliphatic heterocycles. The van der Waals surface area contributed by atoms with Gasteiger partial charge in [-0.15, -0.1) is 0 Å². The van der Waals surface area contributed by atoms with Gasteiger partial charge in [0.2, 0.25) is 0 Å². The Kier molecular flexibility index (Phi) is 7.87. The van der Waals surface area contributed by atoms with Crippen LogP contribution in [0.4, 0.5) is 0 Å². The zero-order valence-electron chi connectivity index (χ0n) is 15.6. The van der Waals surface area contributed by atoms with E-state index in [1.807, 2.05) is 0 Å². The number of benzene rings is 2. The van der Waals surface area contributed by atoms with E-state index in [1.54, 1.807) is 36.4 Å². The number of carbonyl (C=O) groups is 3. The Bertz CT molecular complexity index is 945. The van der Waals surface area contributed by atoms with Crippen molar-refractivity contribution in [2.24, 2.45) is 0 Å². The topological polar surface area (TPSA) is 106 Å². The maximum Gasteiger partial charge on any atom is 0.337 e. The number of hydrogen-bond donors (Lipinski definition) is 3. The van der Waals surface area contributed by atoms with E-state index in [2.05, 4.69) is 27.5 Å². The van der Waals surface area contributed by atoms with E-state index in [-0.39, 0.29) is 28.4 Å². The lowest BCUT2D eigenvalue weighted by Crippen LogP contribution is -2.48. The molecule has 0 aromatic heterocycles. The lowest BCUT2D eigenvalue weighted by molar-refractivity contribution is 0.0600. The summed E-state index contributed by atoms with van der Waals surface area (Å²) < 4.78 is 10.1. The molecule has 8 nitrogen and oxygen atoms in total. The largest absolute Gasteiger partial charge is 0.489 e. The minimum absolute atomic E-state index is 0.128. The van der Waals surface area contributed by atoms with E-state index < -0.39 is 17.8 Å². The summed E-state index contributed by atoms with van der Waals surface area (Å²) in [6.07, 6.45) is 1.56. The SMILES string of the molecule is C=CCOc1ccccc1C(=O)NNC(=S)NC(=O)c1cccc(C(=O)OC)c1. The summed E-state index contributed by atoms with van der Waals surface area (Å²) in [7, 11) is 1.25. The normalized spacial score (nSPS) is 9.69. The van der Waals surface area contributed by atoms with Crippen LogP contribution in [0.3, 0.4) is 0 Å². The number of hydrazine groups is 1. The van der Waals surface area contributed by atoms with E-state index in [9.17, 15) is 14.4 Å². The van der Waals surface area contributed by atoms with Crippen molar-refractivity contribution >= 4 is 35.1 Å². The minimum atomic E-state index is -0.565. The number of amides is 2. The molecule has 0 spiro atoms. The number of esters is 1.